The number of nitrogens with one attached hydrogen (secondary N) is 1. The Morgan fingerprint density at radius 3 is 2.76 bits per heavy atom. The van der Waals surface area contributed by atoms with E-state index in [9.17, 15) is 19.5 Å². The van der Waals surface area contributed by atoms with E-state index in [0.29, 0.717) is 25.0 Å². The summed E-state index contributed by atoms with van der Waals surface area (Å²) in [5.74, 6) is -2.30. The Balaban J connectivity index is 1.46. The van der Waals surface area contributed by atoms with Crippen LogP contribution in [0.3, 0.4) is 0 Å². The molecule has 172 valence electrons. The summed E-state index contributed by atoms with van der Waals surface area (Å²) in [6, 6.07) is 0.873. The number of rotatable bonds is 6. The van der Waals surface area contributed by atoms with Gasteiger partial charge in [0.15, 0.2) is 0 Å². The van der Waals surface area contributed by atoms with Crippen molar-refractivity contribution < 1.29 is 19.1 Å². The van der Waals surface area contributed by atoms with E-state index in [1.807, 2.05) is 0 Å². The number of carbonyl (C=O) groups is 2. The minimum Gasteiger partial charge on any atom is -0.477 e. The first-order valence-corrected chi connectivity index (χ1v) is 10.9. The molecule has 12 heteroatoms. The van der Waals surface area contributed by atoms with Gasteiger partial charge < -0.3 is 19.9 Å². The highest BCUT2D eigenvalue weighted by molar-refractivity contribution is 6.38. The Hall–Kier alpha value is -3.47. The highest BCUT2D eigenvalue weighted by Crippen LogP contribution is 2.42. The van der Waals surface area contributed by atoms with Gasteiger partial charge in [-0.2, -0.15) is 0 Å². The summed E-state index contributed by atoms with van der Waals surface area (Å²) in [6.45, 7) is 0.824. The van der Waals surface area contributed by atoms with E-state index >= 15 is 4.39 Å². The van der Waals surface area contributed by atoms with Crippen LogP contribution in [0.5, 0.6) is 0 Å². The molecule has 3 aromatic rings. The van der Waals surface area contributed by atoms with Crippen molar-refractivity contribution in [3.8, 4) is 0 Å². The van der Waals surface area contributed by atoms with Crippen molar-refractivity contribution in [3.63, 3.8) is 0 Å². The van der Waals surface area contributed by atoms with Crippen LogP contribution in [-0.4, -0.2) is 55.7 Å². The van der Waals surface area contributed by atoms with Gasteiger partial charge in [0.25, 0.3) is 0 Å². The van der Waals surface area contributed by atoms with Gasteiger partial charge in [-0.05, 0) is 25.3 Å². The lowest BCUT2D eigenvalue weighted by Gasteiger charge is -2.23. The van der Waals surface area contributed by atoms with Crippen LogP contribution in [0.25, 0.3) is 10.9 Å². The van der Waals surface area contributed by atoms with Gasteiger partial charge in [0, 0.05) is 37.6 Å². The molecule has 0 bridgehead atoms. The third-order valence-electron chi connectivity index (χ3n) is 6.00. The van der Waals surface area contributed by atoms with Crippen LogP contribution < -0.4 is 15.6 Å². The molecule has 2 N–H and O–H groups in total. The molecule has 1 saturated heterocycles. The van der Waals surface area contributed by atoms with Crippen LogP contribution in [0.2, 0.25) is 5.02 Å². The van der Waals surface area contributed by atoms with Gasteiger partial charge in [0.05, 0.1) is 27.8 Å². The van der Waals surface area contributed by atoms with E-state index in [-0.39, 0.29) is 40.6 Å². The Bertz CT molecular complexity index is 1320. The third kappa shape index (κ3) is 3.92. The number of pyridine rings is 1. The number of carboxylic acids is 1. The number of carbonyl (C=O) groups excluding carboxylic acids is 1. The topological polar surface area (TPSA) is 122 Å². The molecule has 1 aromatic carbocycles. The Morgan fingerprint density at radius 1 is 1.30 bits per heavy atom. The lowest BCUT2D eigenvalue weighted by atomic mass is 10.1. The van der Waals surface area contributed by atoms with E-state index in [0.717, 1.165) is 18.9 Å². The average molecular weight is 475 g/mol. The minimum absolute atomic E-state index is 0.0180. The number of hydrogen-bond donors (Lipinski definition) is 2. The number of nitrogens with zero attached hydrogens (tertiary/aromatic N) is 5. The van der Waals surface area contributed by atoms with Gasteiger partial charge >= 0.3 is 5.97 Å². The van der Waals surface area contributed by atoms with E-state index in [1.54, 1.807) is 15.7 Å². The maximum atomic E-state index is 15.2. The standard InChI is InChI=1S/C21H20ClFN6O4/c22-17-18-13(20(31)14(21(32)33)9-29(18)12-1-2-12)7-15(23)19(17)27-5-3-11(8-27)25-16(30)10-28-6-4-24-26-28/h4,6-7,9,11-12H,1-3,5,8,10H2,(H,25,30)(H,32,33). The molecule has 0 radical (unpaired) electrons. The second-order valence-corrected chi connectivity index (χ2v) is 8.71. The van der Waals surface area contributed by atoms with Crippen LogP contribution in [0.15, 0.2) is 29.5 Å². The summed E-state index contributed by atoms with van der Waals surface area (Å²) in [6.07, 6.45) is 6.60. The summed E-state index contributed by atoms with van der Waals surface area (Å²) in [5.41, 5.74) is -0.686. The number of carboxylic acid groups (broad SMARTS) is 1. The number of halogens is 2. The predicted molar refractivity (Wildman–Crippen MR) is 117 cm³/mol. The van der Waals surface area contributed by atoms with Crippen LogP contribution in [0.1, 0.15) is 35.7 Å². The number of anilines is 1. The van der Waals surface area contributed by atoms with Gasteiger partial charge in [-0.25, -0.2) is 13.9 Å². The molecule has 0 spiro atoms. The molecule has 10 nitrogen and oxygen atoms in total. The zero-order chi connectivity index (χ0) is 23.3. The molecular weight excluding hydrogens is 455 g/mol. The maximum Gasteiger partial charge on any atom is 0.341 e. The normalized spacial score (nSPS) is 18.1. The summed E-state index contributed by atoms with van der Waals surface area (Å²) >= 11 is 6.66. The molecule has 1 aliphatic carbocycles. The number of benzene rings is 1. The monoisotopic (exact) mass is 474 g/mol. The number of aromatic nitrogens is 4. The molecule has 1 unspecified atom stereocenters. The van der Waals surface area contributed by atoms with E-state index in [2.05, 4.69) is 15.6 Å². The smallest absolute Gasteiger partial charge is 0.341 e. The van der Waals surface area contributed by atoms with Gasteiger partial charge in [-0.15, -0.1) is 5.10 Å². The largest absolute Gasteiger partial charge is 0.477 e. The summed E-state index contributed by atoms with van der Waals surface area (Å²) in [5, 5.41) is 19.8. The van der Waals surface area contributed by atoms with Gasteiger partial charge in [0.2, 0.25) is 11.3 Å². The van der Waals surface area contributed by atoms with E-state index in [1.165, 1.54) is 17.1 Å². The molecular formula is C21H20ClFN6O4. The van der Waals surface area contributed by atoms with E-state index in [4.69, 9.17) is 11.6 Å². The number of fused-ring (bicyclic) bond motifs is 1. The first-order valence-electron chi connectivity index (χ1n) is 10.5. The van der Waals surface area contributed by atoms with Crippen molar-refractivity contribution in [3.05, 3.63) is 51.3 Å². The first-order chi connectivity index (χ1) is 15.8. The number of amides is 1. The molecule has 2 aromatic heterocycles. The van der Waals surface area contributed by atoms with Crippen molar-refractivity contribution in [2.45, 2.75) is 37.9 Å². The van der Waals surface area contributed by atoms with Crippen LogP contribution >= 0.6 is 11.6 Å². The molecule has 2 fully saturated rings. The molecule has 3 heterocycles. The van der Waals surface area contributed by atoms with Crippen molar-refractivity contribution in [1.82, 2.24) is 24.9 Å². The van der Waals surface area contributed by atoms with Crippen LogP contribution in [0, 0.1) is 5.82 Å². The molecule has 1 amide bonds. The quantitative estimate of drug-likeness (QED) is 0.558. The minimum atomic E-state index is -1.36. The van der Waals surface area contributed by atoms with Crippen molar-refractivity contribution in [1.29, 1.82) is 0 Å². The molecule has 2 aliphatic rings. The maximum absolute atomic E-state index is 15.2. The summed E-state index contributed by atoms with van der Waals surface area (Å²) in [7, 11) is 0. The van der Waals surface area contributed by atoms with Crippen molar-refractivity contribution in [2.24, 2.45) is 0 Å². The van der Waals surface area contributed by atoms with Gasteiger partial charge in [0.1, 0.15) is 17.9 Å². The Labute approximate surface area is 191 Å². The van der Waals surface area contributed by atoms with Crippen LogP contribution in [0.4, 0.5) is 10.1 Å². The van der Waals surface area contributed by atoms with Gasteiger partial charge in [-0.3, -0.25) is 9.59 Å². The van der Waals surface area contributed by atoms with Crippen LogP contribution in [-0.2, 0) is 11.3 Å². The fourth-order valence-electron chi connectivity index (χ4n) is 4.33. The fourth-order valence-corrected chi connectivity index (χ4v) is 4.74. The lowest BCUT2D eigenvalue weighted by molar-refractivity contribution is -0.122. The fraction of sp³-hybridized carbons (Fsp3) is 0.381. The first kappa shape index (κ1) is 21.4. The lowest BCUT2D eigenvalue weighted by Crippen LogP contribution is -2.39. The summed E-state index contributed by atoms with van der Waals surface area (Å²) < 4.78 is 18.3. The Morgan fingerprint density at radius 2 is 2.09 bits per heavy atom. The predicted octanol–water partition coefficient (Wildman–Crippen LogP) is 1.81. The number of hydrogen-bond acceptors (Lipinski definition) is 6. The second kappa shape index (κ2) is 8.14. The second-order valence-electron chi connectivity index (χ2n) is 8.33. The van der Waals surface area contributed by atoms with Crippen molar-refractivity contribution >= 4 is 40.1 Å². The SMILES string of the molecule is O=C(Cn1ccnn1)NC1CCN(c2c(F)cc3c(=O)c(C(=O)O)cn(C4CC4)c3c2Cl)C1. The highest BCUT2D eigenvalue weighted by Gasteiger charge is 2.32. The third-order valence-corrected chi connectivity index (χ3v) is 6.36. The summed E-state index contributed by atoms with van der Waals surface area (Å²) in [4.78, 5) is 38.3. The Kier molecular flexibility index (Phi) is 5.28. The molecule has 1 atom stereocenters. The molecule has 1 aliphatic heterocycles. The molecule has 1 saturated carbocycles. The number of aromatic carboxylic acids is 1. The van der Waals surface area contributed by atoms with Gasteiger partial charge in [-0.1, -0.05) is 16.8 Å². The highest BCUT2D eigenvalue weighted by atomic mass is 35.5. The van der Waals surface area contributed by atoms with E-state index < -0.39 is 22.8 Å². The van der Waals surface area contributed by atoms with Crippen molar-refractivity contribution in [2.75, 3.05) is 18.0 Å². The average Bonchev–Trinajstić information content (AvgIpc) is 3.29. The molecule has 5 rings (SSSR count). The zero-order valence-electron chi connectivity index (χ0n) is 17.4. The molecule has 33 heavy (non-hydrogen) atoms. The zero-order valence-corrected chi connectivity index (χ0v) is 18.1.